The zero-order valence-corrected chi connectivity index (χ0v) is 13.3. The van der Waals surface area contributed by atoms with Gasteiger partial charge in [-0.05, 0) is 44.1 Å². The van der Waals surface area contributed by atoms with Gasteiger partial charge in [-0.1, -0.05) is 19.1 Å². The Morgan fingerprint density at radius 2 is 2.14 bits per heavy atom. The minimum atomic E-state index is -0.192. The lowest BCUT2D eigenvalue weighted by Crippen LogP contribution is -2.36. The number of hydrogen-bond acceptors (Lipinski definition) is 3. The number of nitrogens with one attached hydrogen (secondary N) is 2. The van der Waals surface area contributed by atoms with E-state index in [2.05, 4.69) is 17.6 Å². The van der Waals surface area contributed by atoms with Gasteiger partial charge in [0.1, 0.15) is 0 Å². The molecule has 0 aromatic heterocycles. The maximum Gasteiger partial charge on any atom is 0.319 e. The van der Waals surface area contributed by atoms with E-state index in [1.807, 2.05) is 11.8 Å². The third kappa shape index (κ3) is 4.77. The molecule has 2 rings (SSSR count). The molecule has 2 amide bonds. The van der Waals surface area contributed by atoms with E-state index in [4.69, 9.17) is 0 Å². The third-order valence-corrected chi connectivity index (χ3v) is 4.88. The minimum absolute atomic E-state index is 0.00529. The number of benzene rings is 1. The molecule has 0 saturated heterocycles. The molecule has 0 bridgehead atoms. The summed E-state index contributed by atoms with van der Waals surface area (Å²) in [7, 11) is 0. The topological polar surface area (TPSA) is 58.2 Å². The van der Waals surface area contributed by atoms with Crippen LogP contribution in [-0.4, -0.2) is 28.9 Å². The second-order valence-corrected chi connectivity index (χ2v) is 6.90. The highest BCUT2D eigenvalue weighted by atomic mass is 32.2. The molecule has 0 heterocycles. The van der Waals surface area contributed by atoms with Crippen molar-refractivity contribution in [3.8, 4) is 0 Å². The molecule has 2 N–H and O–H groups in total. The summed E-state index contributed by atoms with van der Waals surface area (Å²) in [5.41, 5.74) is 1.26. The van der Waals surface area contributed by atoms with Crippen molar-refractivity contribution < 1.29 is 9.59 Å². The normalized spacial score (nSPS) is 21.0. The SMILES string of the molecule is CCSC1CCC(NC(=O)Nc2cccc(C(C)=O)c2)C1. The Kier molecular flexibility index (Phi) is 5.67. The number of amides is 2. The van der Waals surface area contributed by atoms with Crippen LogP contribution >= 0.6 is 11.8 Å². The molecular weight excluding hydrogens is 284 g/mol. The second kappa shape index (κ2) is 7.50. The van der Waals surface area contributed by atoms with Crippen molar-refractivity contribution in [2.24, 2.45) is 0 Å². The van der Waals surface area contributed by atoms with Gasteiger partial charge in [-0.25, -0.2) is 4.79 Å². The zero-order chi connectivity index (χ0) is 15.2. The molecule has 1 aliphatic rings. The first-order chi connectivity index (χ1) is 10.1. The Labute approximate surface area is 130 Å². The van der Waals surface area contributed by atoms with Crippen LogP contribution in [0.2, 0.25) is 0 Å². The van der Waals surface area contributed by atoms with E-state index in [-0.39, 0.29) is 17.9 Å². The molecule has 1 saturated carbocycles. The van der Waals surface area contributed by atoms with E-state index in [1.54, 1.807) is 24.3 Å². The van der Waals surface area contributed by atoms with E-state index in [1.165, 1.54) is 13.3 Å². The quantitative estimate of drug-likeness (QED) is 0.816. The number of urea groups is 1. The average molecular weight is 306 g/mol. The van der Waals surface area contributed by atoms with Gasteiger partial charge in [0.15, 0.2) is 5.78 Å². The molecule has 5 heteroatoms. The first kappa shape index (κ1) is 15.9. The standard InChI is InChI=1S/C16H22N2O2S/c1-3-21-15-8-7-14(10-15)18-16(20)17-13-6-4-5-12(9-13)11(2)19/h4-6,9,14-15H,3,7-8,10H2,1-2H3,(H2,17,18,20). The van der Waals surface area contributed by atoms with Gasteiger partial charge in [0, 0.05) is 22.5 Å². The summed E-state index contributed by atoms with van der Waals surface area (Å²) in [5, 5.41) is 6.49. The van der Waals surface area contributed by atoms with Crippen LogP contribution in [0.5, 0.6) is 0 Å². The largest absolute Gasteiger partial charge is 0.335 e. The van der Waals surface area contributed by atoms with Crippen LogP contribution in [-0.2, 0) is 0 Å². The number of anilines is 1. The molecule has 0 aliphatic heterocycles. The highest BCUT2D eigenvalue weighted by molar-refractivity contribution is 7.99. The molecule has 0 radical (unpaired) electrons. The number of hydrogen-bond donors (Lipinski definition) is 2. The molecule has 4 nitrogen and oxygen atoms in total. The van der Waals surface area contributed by atoms with Gasteiger partial charge in [0.25, 0.3) is 0 Å². The number of Topliss-reactive ketones (excluding diaryl/α,β-unsaturated/α-hetero) is 1. The van der Waals surface area contributed by atoms with Crippen molar-refractivity contribution in [3.05, 3.63) is 29.8 Å². The number of thioether (sulfide) groups is 1. The van der Waals surface area contributed by atoms with Crippen molar-refractivity contribution >= 4 is 29.3 Å². The summed E-state index contributed by atoms with van der Waals surface area (Å²) >= 11 is 1.97. The van der Waals surface area contributed by atoms with E-state index in [9.17, 15) is 9.59 Å². The second-order valence-electron chi connectivity index (χ2n) is 5.32. The third-order valence-electron chi connectivity index (χ3n) is 3.65. The van der Waals surface area contributed by atoms with Crippen LogP contribution < -0.4 is 10.6 Å². The summed E-state index contributed by atoms with van der Waals surface area (Å²) < 4.78 is 0. The number of rotatable bonds is 5. The van der Waals surface area contributed by atoms with Crippen LogP contribution in [0.4, 0.5) is 10.5 Å². The maximum absolute atomic E-state index is 12.0. The molecular formula is C16H22N2O2S. The lowest BCUT2D eigenvalue weighted by Gasteiger charge is -2.14. The Balaban J connectivity index is 1.85. The summed E-state index contributed by atoms with van der Waals surface area (Å²) in [6, 6.07) is 7.07. The fraction of sp³-hybridized carbons (Fsp3) is 0.500. The molecule has 0 spiro atoms. The van der Waals surface area contributed by atoms with Crippen LogP contribution in [0.3, 0.4) is 0 Å². The van der Waals surface area contributed by atoms with Crippen LogP contribution in [0.25, 0.3) is 0 Å². The highest BCUT2D eigenvalue weighted by Gasteiger charge is 2.25. The molecule has 1 aromatic rings. The average Bonchev–Trinajstić information content (AvgIpc) is 2.86. The first-order valence-electron chi connectivity index (χ1n) is 7.38. The van der Waals surface area contributed by atoms with Gasteiger partial charge in [-0.3, -0.25) is 4.79 Å². The zero-order valence-electron chi connectivity index (χ0n) is 12.5. The molecule has 2 atom stereocenters. The first-order valence-corrected chi connectivity index (χ1v) is 8.43. The van der Waals surface area contributed by atoms with Crippen molar-refractivity contribution in [2.75, 3.05) is 11.1 Å². The van der Waals surface area contributed by atoms with Crippen molar-refractivity contribution in [2.45, 2.75) is 44.4 Å². The Hall–Kier alpha value is -1.49. The maximum atomic E-state index is 12.0. The van der Waals surface area contributed by atoms with Gasteiger partial charge in [0.2, 0.25) is 0 Å². The molecule has 1 aromatic carbocycles. The number of carbonyl (C=O) groups excluding carboxylic acids is 2. The molecule has 114 valence electrons. The fourth-order valence-corrected chi connectivity index (χ4v) is 3.77. The molecule has 2 unspecified atom stereocenters. The van der Waals surface area contributed by atoms with Crippen LogP contribution in [0, 0.1) is 0 Å². The molecule has 21 heavy (non-hydrogen) atoms. The number of carbonyl (C=O) groups is 2. The predicted molar refractivity (Wildman–Crippen MR) is 88.2 cm³/mol. The minimum Gasteiger partial charge on any atom is -0.335 e. The van der Waals surface area contributed by atoms with Crippen LogP contribution in [0.15, 0.2) is 24.3 Å². The van der Waals surface area contributed by atoms with Gasteiger partial charge in [0.05, 0.1) is 0 Å². The van der Waals surface area contributed by atoms with Gasteiger partial charge in [-0.2, -0.15) is 11.8 Å². The van der Waals surface area contributed by atoms with E-state index in [0.717, 1.165) is 18.6 Å². The Bertz CT molecular complexity index is 519. The van der Waals surface area contributed by atoms with E-state index >= 15 is 0 Å². The summed E-state index contributed by atoms with van der Waals surface area (Å²) in [4.78, 5) is 23.3. The molecule has 1 aliphatic carbocycles. The molecule has 1 fully saturated rings. The Morgan fingerprint density at radius 3 is 2.86 bits per heavy atom. The summed E-state index contributed by atoms with van der Waals surface area (Å²) in [6.45, 7) is 3.68. The fourth-order valence-electron chi connectivity index (χ4n) is 2.63. The lowest BCUT2D eigenvalue weighted by molar-refractivity contribution is 0.101. The number of ketones is 1. The van der Waals surface area contributed by atoms with Gasteiger partial charge in [-0.15, -0.1) is 0 Å². The Morgan fingerprint density at radius 1 is 1.33 bits per heavy atom. The smallest absolute Gasteiger partial charge is 0.319 e. The predicted octanol–water partition coefficient (Wildman–Crippen LogP) is 3.68. The van der Waals surface area contributed by atoms with Crippen LogP contribution in [0.1, 0.15) is 43.5 Å². The van der Waals surface area contributed by atoms with Gasteiger partial charge < -0.3 is 10.6 Å². The lowest BCUT2D eigenvalue weighted by atomic mass is 10.1. The monoisotopic (exact) mass is 306 g/mol. The van der Waals surface area contributed by atoms with Crippen molar-refractivity contribution in [1.29, 1.82) is 0 Å². The van der Waals surface area contributed by atoms with E-state index < -0.39 is 0 Å². The van der Waals surface area contributed by atoms with Crippen molar-refractivity contribution in [1.82, 2.24) is 5.32 Å². The summed E-state index contributed by atoms with van der Waals surface area (Å²) in [6.07, 6.45) is 3.25. The van der Waals surface area contributed by atoms with Crippen molar-refractivity contribution in [3.63, 3.8) is 0 Å². The summed E-state index contributed by atoms with van der Waals surface area (Å²) in [5.74, 6) is 1.12. The van der Waals surface area contributed by atoms with Gasteiger partial charge >= 0.3 is 6.03 Å². The highest BCUT2D eigenvalue weighted by Crippen LogP contribution is 2.29. The van der Waals surface area contributed by atoms with E-state index in [0.29, 0.717) is 16.5 Å².